The van der Waals surface area contributed by atoms with Crippen molar-refractivity contribution in [2.24, 2.45) is 5.92 Å². The average molecular weight is 471 g/mol. The lowest BCUT2D eigenvalue weighted by Gasteiger charge is -2.16. The molecule has 2 aromatic carbocycles. The van der Waals surface area contributed by atoms with Crippen molar-refractivity contribution in [1.29, 1.82) is 0 Å². The molecule has 174 valence electrons. The summed E-state index contributed by atoms with van der Waals surface area (Å²) in [5, 5.41) is 11.7. The van der Waals surface area contributed by atoms with E-state index in [0.717, 1.165) is 0 Å². The van der Waals surface area contributed by atoms with Gasteiger partial charge in [0.2, 0.25) is 5.91 Å². The highest BCUT2D eigenvalue weighted by molar-refractivity contribution is 7.98. The van der Waals surface area contributed by atoms with E-state index < -0.39 is 17.9 Å². The summed E-state index contributed by atoms with van der Waals surface area (Å²) in [6.07, 6.45) is -4.54. The minimum absolute atomic E-state index is 0.0165. The van der Waals surface area contributed by atoms with Gasteiger partial charge in [0, 0.05) is 22.9 Å². The summed E-state index contributed by atoms with van der Waals surface area (Å²) in [7, 11) is 1.42. The van der Waals surface area contributed by atoms with Crippen molar-refractivity contribution in [3.05, 3.63) is 47.5 Å². The van der Waals surface area contributed by atoms with Crippen LogP contribution >= 0.6 is 11.8 Å². The maximum Gasteiger partial charge on any atom is 0.397 e. The van der Waals surface area contributed by atoms with E-state index in [4.69, 9.17) is 14.6 Å². The Morgan fingerprint density at radius 3 is 2.38 bits per heavy atom. The van der Waals surface area contributed by atoms with Gasteiger partial charge >= 0.3 is 12.1 Å². The lowest BCUT2D eigenvalue weighted by atomic mass is 10.1. The third-order valence-corrected chi connectivity index (χ3v) is 5.23. The number of hydrogen-bond acceptors (Lipinski definition) is 5. The number of benzene rings is 2. The minimum Gasteiger partial charge on any atom is -0.493 e. The number of halogens is 3. The summed E-state index contributed by atoms with van der Waals surface area (Å²) < 4.78 is 49.0. The first-order chi connectivity index (χ1) is 15.0. The van der Waals surface area contributed by atoms with Crippen LogP contribution in [0.1, 0.15) is 25.0 Å². The highest BCUT2D eigenvalue weighted by Crippen LogP contribution is 2.37. The zero-order chi connectivity index (χ0) is 23.9. The van der Waals surface area contributed by atoms with Crippen LogP contribution in [0, 0.1) is 5.92 Å². The quantitative estimate of drug-likeness (QED) is 0.476. The molecule has 0 saturated carbocycles. The number of amides is 1. The molecule has 6 nitrogen and oxygen atoms in total. The second-order valence-corrected chi connectivity index (χ2v) is 8.22. The van der Waals surface area contributed by atoms with E-state index in [-0.39, 0.29) is 35.5 Å². The number of alkyl halides is 3. The molecule has 0 atom stereocenters. The highest BCUT2D eigenvalue weighted by Gasteiger charge is 2.27. The number of thioether (sulfide) groups is 1. The summed E-state index contributed by atoms with van der Waals surface area (Å²) in [5.41, 5.74) is 1.35. The Morgan fingerprint density at radius 1 is 1.09 bits per heavy atom. The number of carbonyl (C=O) groups is 2. The Morgan fingerprint density at radius 2 is 1.78 bits per heavy atom. The van der Waals surface area contributed by atoms with Gasteiger partial charge in [-0.3, -0.25) is 9.59 Å². The molecule has 0 saturated heterocycles. The third-order valence-electron chi connectivity index (χ3n) is 4.18. The van der Waals surface area contributed by atoms with E-state index in [9.17, 15) is 22.8 Å². The number of anilines is 1. The van der Waals surface area contributed by atoms with Crippen LogP contribution in [0.15, 0.2) is 36.4 Å². The van der Waals surface area contributed by atoms with E-state index in [1.165, 1.54) is 13.2 Å². The zero-order valence-corrected chi connectivity index (χ0v) is 18.6. The van der Waals surface area contributed by atoms with E-state index in [1.807, 2.05) is 0 Å². The standard InChI is InChI=1S/C22H24F3NO5S/c1-13(2)21(29)26-16-5-7-17(15(10-16)11-32-12-22(23,24)25)31-19-8-14(9-20(27)28)4-6-18(19)30-3/h4-8,10,13H,9,11-12H2,1-3H3,(H,26,29)(H,27,28). The van der Waals surface area contributed by atoms with Crippen LogP contribution in [-0.4, -0.2) is 36.0 Å². The number of carboxylic acid groups (broad SMARTS) is 1. The van der Waals surface area contributed by atoms with E-state index in [1.54, 1.807) is 44.2 Å². The van der Waals surface area contributed by atoms with Crippen LogP contribution in [0.2, 0.25) is 0 Å². The van der Waals surface area contributed by atoms with Gasteiger partial charge in [-0.05, 0) is 35.9 Å². The van der Waals surface area contributed by atoms with Crippen molar-refractivity contribution < 1.29 is 37.3 Å². The number of hydrogen-bond donors (Lipinski definition) is 2. The van der Waals surface area contributed by atoms with Crippen molar-refractivity contribution in [2.75, 3.05) is 18.2 Å². The van der Waals surface area contributed by atoms with Crippen LogP contribution in [0.25, 0.3) is 0 Å². The number of rotatable bonds is 10. The van der Waals surface area contributed by atoms with Gasteiger partial charge in [0.25, 0.3) is 0 Å². The molecule has 2 N–H and O–H groups in total. The molecule has 0 fully saturated rings. The highest BCUT2D eigenvalue weighted by atomic mass is 32.2. The van der Waals surface area contributed by atoms with Gasteiger partial charge in [-0.1, -0.05) is 19.9 Å². The first-order valence-electron chi connectivity index (χ1n) is 9.63. The van der Waals surface area contributed by atoms with Crippen molar-refractivity contribution in [1.82, 2.24) is 0 Å². The molecule has 0 heterocycles. The maximum atomic E-state index is 12.6. The molecule has 0 aliphatic carbocycles. The van der Waals surface area contributed by atoms with Gasteiger partial charge in [0.05, 0.1) is 19.3 Å². The van der Waals surface area contributed by atoms with Crippen molar-refractivity contribution in [3.8, 4) is 17.2 Å². The van der Waals surface area contributed by atoms with E-state index in [0.29, 0.717) is 34.3 Å². The molecule has 2 rings (SSSR count). The molecular weight excluding hydrogens is 447 g/mol. The first kappa shape index (κ1) is 25.4. The maximum absolute atomic E-state index is 12.6. The van der Waals surface area contributed by atoms with Gasteiger partial charge in [-0.25, -0.2) is 0 Å². The molecule has 0 radical (unpaired) electrons. The molecule has 0 spiro atoms. The molecule has 1 amide bonds. The fourth-order valence-corrected chi connectivity index (χ4v) is 3.42. The topological polar surface area (TPSA) is 84.9 Å². The van der Waals surface area contributed by atoms with Crippen molar-refractivity contribution >= 4 is 29.3 Å². The lowest BCUT2D eigenvalue weighted by Crippen LogP contribution is -2.17. The number of carboxylic acids is 1. The van der Waals surface area contributed by atoms with Crippen molar-refractivity contribution in [3.63, 3.8) is 0 Å². The summed E-state index contributed by atoms with van der Waals surface area (Å²) in [6.45, 7) is 3.45. The fraction of sp³-hybridized carbons (Fsp3) is 0.364. The van der Waals surface area contributed by atoms with Gasteiger partial charge < -0.3 is 19.9 Å². The second kappa shape index (κ2) is 11.1. The fourth-order valence-electron chi connectivity index (χ4n) is 2.64. The van der Waals surface area contributed by atoms with Crippen LogP contribution in [0.4, 0.5) is 18.9 Å². The second-order valence-electron chi connectivity index (χ2n) is 7.23. The molecule has 0 aliphatic rings. The Hall–Kier alpha value is -2.88. The number of ether oxygens (including phenoxy) is 2. The normalized spacial score (nSPS) is 11.3. The predicted molar refractivity (Wildman–Crippen MR) is 117 cm³/mol. The number of nitrogens with one attached hydrogen (secondary N) is 1. The molecule has 0 unspecified atom stereocenters. The van der Waals surface area contributed by atoms with Gasteiger partial charge in [0.1, 0.15) is 5.75 Å². The number of methoxy groups -OCH3 is 1. The SMILES string of the molecule is COc1ccc(CC(=O)O)cc1Oc1ccc(NC(=O)C(C)C)cc1CSCC(F)(F)F. The third kappa shape index (κ3) is 7.99. The Balaban J connectivity index is 2.36. The summed E-state index contributed by atoms with van der Waals surface area (Å²) in [6, 6.07) is 9.35. The summed E-state index contributed by atoms with van der Waals surface area (Å²) >= 11 is 0.667. The Labute approximate surface area is 188 Å². The van der Waals surface area contributed by atoms with E-state index in [2.05, 4.69) is 5.32 Å². The predicted octanol–water partition coefficient (Wildman–Crippen LogP) is 5.50. The first-order valence-corrected chi connectivity index (χ1v) is 10.8. The zero-order valence-electron chi connectivity index (χ0n) is 17.8. The molecule has 10 heteroatoms. The van der Waals surface area contributed by atoms with Crippen LogP contribution < -0.4 is 14.8 Å². The Kier molecular flexibility index (Phi) is 8.82. The monoisotopic (exact) mass is 471 g/mol. The number of aliphatic carboxylic acids is 1. The molecule has 0 aliphatic heterocycles. The van der Waals surface area contributed by atoms with Gasteiger partial charge in [-0.15, -0.1) is 11.8 Å². The molecule has 0 bridgehead atoms. The van der Waals surface area contributed by atoms with Crippen LogP contribution in [0.3, 0.4) is 0 Å². The summed E-state index contributed by atoms with van der Waals surface area (Å²) in [5.74, 6) is -1.73. The minimum atomic E-state index is -4.32. The van der Waals surface area contributed by atoms with Crippen molar-refractivity contribution in [2.45, 2.75) is 32.2 Å². The smallest absolute Gasteiger partial charge is 0.397 e. The largest absolute Gasteiger partial charge is 0.493 e. The van der Waals surface area contributed by atoms with Gasteiger partial charge in [-0.2, -0.15) is 13.2 Å². The van der Waals surface area contributed by atoms with E-state index >= 15 is 0 Å². The molecule has 32 heavy (non-hydrogen) atoms. The van der Waals surface area contributed by atoms with Crippen LogP contribution in [-0.2, 0) is 21.8 Å². The van der Waals surface area contributed by atoms with Crippen LogP contribution in [0.5, 0.6) is 17.2 Å². The lowest BCUT2D eigenvalue weighted by molar-refractivity contribution is -0.136. The molecule has 0 aromatic heterocycles. The average Bonchev–Trinajstić information content (AvgIpc) is 2.68. The molecular formula is C22H24F3NO5S. The van der Waals surface area contributed by atoms with Gasteiger partial charge in [0.15, 0.2) is 11.5 Å². The number of carbonyl (C=O) groups excluding carboxylic acids is 1. The Bertz CT molecular complexity index is 963. The summed E-state index contributed by atoms with van der Waals surface area (Å²) in [4.78, 5) is 23.0. The molecule has 2 aromatic rings.